The van der Waals surface area contributed by atoms with E-state index in [-0.39, 0.29) is 18.6 Å². The first kappa shape index (κ1) is 14.5. The lowest BCUT2D eigenvalue weighted by Crippen LogP contribution is -2.35. The summed E-state index contributed by atoms with van der Waals surface area (Å²) >= 11 is 1.36. The Labute approximate surface area is 120 Å². The fourth-order valence-electron chi connectivity index (χ4n) is 1.70. The average molecular weight is 292 g/mol. The Balaban J connectivity index is 2.07. The van der Waals surface area contributed by atoms with Crippen molar-refractivity contribution >= 4 is 17.2 Å². The zero-order chi connectivity index (χ0) is 14.4. The Morgan fingerprint density at radius 1 is 1.50 bits per heavy atom. The summed E-state index contributed by atoms with van der Waals surface area (Å²) in [6, 6.07) is -0.0332. The van der Waals surface area contributed by atoms with E-state index in [1.54, 1.807) is 24.0 Å². The first-order chi connectivity index (χ1) is 9.74. The fraction of sp³-hybridized carbons (Fsp3) is 0.385. The number of carbonyl (C=O) groups excluding carboxylic acids is 1. The summed E-state index contributed by atoms with van der Waals surface area (Å²) in [7, 11) is 0. The van der Waals surface area contributed by atoms with E-state index >= 15 is 0 Å². The number of aromatic nitrogens is 3. The summed E-state index contributed by atoms with van der Waals surface area (Å²) in [5.41, 5.74) is 1.02. The molecule has 0 aliphatic heterocycles. The number of hydrogen-bond acceptors (Lipinski definition) is 6. The molecule has 0 spiro atoms. The minimum Gasteiger partial charge on any atom is -0.396 e. The van der Waals surface area contributed by atoms with Crippen LogP contribution in [-0.2, 0) is 0 Å². The number of amides is 1. The van der Waals surface area contributed by atoms with Gasteiger partial charge in [-0.15, -0.1) is 11.3 Å². The van der Waals surface area contributed by atoms with Crippen LogP contribution >= 0.6 is 11.3 Å². The van der Waals surface area contributed by atoms with Gasteiger partial charge in [-0.1, -0.05) is 6.92 Å². The molecule has 0 radical (unpaired) electrons. The number of aliphatic hydroxyl groups is 1. The van der Waals surface area contributed by atoms with Gasteiger partial charge in [0.25, 0.3) is 5.91 Å². The van der Waals surface area contributed by atoms with Crippen molar-refractivity contribution in [3.8, 4) is 10.7 Å². The lowest BCUT2D eigenvalue weighted by atomic mass is 10.1. The minimum atomic E-state index is -0.225. The number of aliphatic hydroxyl groups excluding tert-OH is 1. The summed E-state index contributed by atoms with van der Waals surface area (Å²) in [4.78, 5) is 24.4. The summed E-state index contributed by atoms with van der Waals surface area (Å²) in [6.07, 6.45) is 6.11. The van der Waals surface area contributed by atoms with E-state index in [0.717, 1.165) is 6.42 Å². The number of nitrogens with one attached hydrogen (secondary N) is 1. The second-order valence-corrected chi connectivity index (χ2v) is 5.08. The number of hydrogen-bond donors (Lipinski definition) is 2. The Kier molecular flexibility index (Phi) is 5.14. The molecule has 1 amide bonds. The van der Waals surface area contributed by atoms with Crippen LogP contribution in [0.2, 0.25) is 0 Å². The monoisotopic (exact) mass is 292 g/mol. The van der Waals surface area contributed by atoms with Gasteiger partial charge in [-0.2, -0.15) is 0 Å². The minimum absolute atomic E-state index is 0.0332. The third-order valence-corrected chi connectivity index (χ3v) is 3.69. The average Bonchev–Trinajstić information content (AvgIpc) is 2.97. The zero-order valence-corrected chi connectivity index (χ0v) is 11.9. The second kappa shape index (κ2) is 7.06. The first-order valence-corrected chi connectivity index (χ1v) is 7.26. The van der Waals surface area contributed by atoms with E-state index in [0.29, 0.717) is 22.8 Å². The van der Waals surface area contributed by atoms with Gasteiger partial charge in [-0.3, -0.25) is 14.8 Å². The van der Waals surface area contributed by atoms with Gasteiger partial charge < -0.3 is 10.4 Å². The van der Waals surface area contributed by atoms with Crippen LogP contribution in [0.4, 0.5) is 0 Å². The van der Waals surface area contributed by atoms with Crippen LogP contribution in [0.3, 0.4) is 0 Å². The highest BCUT2D eigenvalue weighted by Gasteiger charge is 2.15. The van der Waals surface area contributed by atoms with Crippen molar-refractivity contribution in [3.63, 3.8) is 0 Å². The summed E-state index contributed by atoms with van der Waals surface area (Å²) < 4.78 is 0. The molecule has 2 heterocycles. The maximum absolute atomic E-state index is 12.0. The molecule has 1 atom stereocenters. The maximum Gasteiger partial charge on any atom is 0.270 e. The van der Waals surface area contributed by atoms with E-state index in [9.17, 15) is 4.79 Å². The molecule has 0 aromatic carbocycles. The van der Waals surface area contributed by atoms with Gasteiger partial charge in [-0.25, -0.2) is 4.98 Å². The normalized spacial score (nSPS) is 12.1. The van der Waals surface area contributed by atoms with Crippen LogP contribution in [0.5, 0.6) is 0 Å². The molecule has 0 bridgehead atoms. The molecule has 106 valence electrons. The third kappa shape index (κ3) is 3.58. The van der Waals surface area contributed by atoms with Crippen molar-refractivity contribution in [2.75, 3.05) is 6.61 Å². The van der Waals surface area contributed by atoms with Crippen molar-refractivity contribution < 1.29 is 9.90 Å². The first-order valence-electron chi connectivity index (χ1n) is 6.38. The summed E-state index contributed by atoms with van der Waals surface area (Å²) in [5.74, 6) is -0.225. The quantitative estimate of drug-likeness (QED) is 0.842. The summed E-state index contributed by atoms with van der Waals surface area (Å²) in [5, 5.41) is 14.1. The predicted octanol–water partition coefficient (Wildman–Crippen LogP) is 1.49. The highest BCUT2D eigenvalue weighted by molar-refractivity contribution is 7.13. The van der Waals surface area contributed by atoms with Crippen LogP contribution in [0.25, 0.3) is 10.7 Å². The van der Waals surface area contributed by atoms with Gasteiger partial charge >= 0.3 is 0 Å². The molecule has 0 saturated heterocycles. The molecule has 2 aromatic heterocycles. The molecule has 2 N–H and O–H groups in total. The molecule has 6 nitrogen and oxygen atoms in total. The van der Waals surface area contributed by atoms with Gasteiger partial charge in [0.1, 0.15) is 16.4 Å². The number of nitrogens with zero attached hydrogens (tertiary/aromatic N) is 3. The number of thiazole rings is 1. The van der Waals surface area contributed by atoms with Crippen molar-refractivity contribution in [1.82, 2.24) is 20.3 Å². The molecule has 2 rings (SSSR count). The number of carbonyl (C=O) groups is 1. The van der Waals surface area contributed by atoms with Gasteiger partial charge in [0.15, 0.2) is 0 Å². The molecular formula is C13H16N4O2S. The zero-order valence-electron chi connectivity index (χ0n) is 11.1. The van der Waals surface area contributed by atoms with Gasteiger partial charge in [0, 0.05) is 30.4 Å². The SMILES string of the molecule is CCC(CCO)NC(=O)c1csc(-c2cnccn2)n1. The molecule has 0 fully saturated rings. The van der Waals surface area contributed by atoms with Crippen molar-refractivity contribution in [3.05, 3.63) is 29.7 Å². The van der Waals surface area contributed by atoms with Crippen molar-refractivity contribution in [2.24, 2.45) is 0 Å². The lowest BCUT2D eigenvalue weighted by Gasteiger charge is -2.14. The maximum atomic E-state index is 12.0. The van der Waals surface area contributed by atoms with Crippen LogP contribution in [0, 0.1) is 0 Å². The molecule has 1 unspecified atom stereocenters. The van der Waals surface area contributed by atoms with Crippen molar-refractivity contribution in [1.29, 1.82) is 0 Å². The standard InChI is InChI=1S/C13H16N4O2S/c1-2-9(3-6-18)16-12(19)11-8-20-13(17-11)10-7-14-4-5-15-10/h4-5,7-9,18H,2-3,6H2,1H3,(H,16,19). The molecule has 7 heteroatoms. The van der Waals surface area contributed by atoms with Gasteiger partial charge in [0.2, 0.25) is 0 Å². The van der Waals surface area contributed by atoms with E-state index < -0.39 is 0 Å². The second-order valence-electron chi connectivity index (χ2n) is 4.22. The Morgan fingerprint density at radius 3 is 3.00 bits per heavy atom. The molecule has 2 aromatic rings. The molecule has 0 aliphatic carbocycles. The molecule has 20 heavy (non-hydrogen) atoms. The van der Waals surface area contributed by atoms with Gasteiger partial charge in [-0.05, 0) is 12.8 Å². The van der Waals surface area contributed by atoms with E-state index in [1.807, 2.05) is 6.92 Å². The van der Waals surface area contributed by atoms with Crippen LogP contribution in [0.1, 0.15) is 30.3 Å². The molecule has 0 aliphatic rings. The Hall–Kier alpha value is -1.86. The molecule has 0 saturated carbocycles. The Morgan fingerprint density at radius 2 is 2.35 bits per heavy atom. The Bertz CT molecular complexity index is 559. The van der Waals surface area contributed by atoms with Crippen LogP contribution < -0.4 is 5.32 Å². The van der Waals surface area contributed by atoms with Gasteiger partial charge in [0.05, 0.1) is 6.20 Å². The highest BCUT2D eigenvalue weighted by Crippen LogP contribution is 2.20. The van der Waals surface area contributed by atoms with E-state index in [1.165, 1.54) is 11.3 Å². The topological polar surface area (TPSA) is 88.0 Å². The number of rotatable bonds is 6. The van der Waals surface area contributed by atoms with Crippen LogP contribution in [0.15, 0.2) is 24.0 Å². The third-order valence-electron chi connectivity index (χ3n) is 2.82. The smallest absolute Gasteiger partial charge is 0.270 e. The summed E-state index contributed by atoms with van der Waals surface area (Å²) in [6.45, 7) is 2.02. The highest BCUT2D eigenvalue weighted by atomic mass is 32.1. The predicted molar refractivity (Wildman–Crippen MR) is 76.4 cm³/mol. The van der Waals surface area contributed by atoms with Crippen LogP contribution in [-0.4, -0.2) is 38.6 Å². The lowest BCUT2D eigenvalue weighted by molar-refractivity contribution is 0.0925. The van der Waals surface area contributed by atoms with E-state index in [2.05, 4.69) is 20.3 Å². The largest absolute Gasteiger partial charge is 0.396 e. The molecular weight excluding hydrogens is 276 g/mol. The fourth-order valence-corrected chi connectivity index (χ4v) is 2.46. The van der Waals surface area contributed by atoms with Crippen molar-refractivity contribution in [2.45, 2.75) is 25.8 Å². The van der Waals surface area contributed by atoms with E-state index in [4.69, 9.17) is 5.11 Å².